The fraction of sp³-hybridized carbons (Fsp3) is 0.600. The fourth-order valence-corrected chi connectivity index (χ4v) is 5.04. The molecule has 0 bridgehead atoms. The van der Waals surface area contributed by atoms with Gasteiger partial charge in [-0.15, -0.1) is 0 Å². The van der Waals surface area contributed by atoms with Gasteiger partial charge in [0.05, 0.1) is 11.5 Å². The van der Waals surface area contributed by atoms with Crippen molar-refractivity contribution in [2.45, 2.75) is 51.2 Å². The lowest BCUT2D eigenvalue weighted by atomic mass is 10.0. The molecule has 0 aliphatic carbocycles. The molecule has 1 unspecified atom stereocenters. The molecule has 21 heavy (non-hydrogen) atoms. The fourth-order valence-electron chi connectivity index (χ4n) is 2.92. The van der Waals surface area contributed by atoms with E-state index in [-0.39, 0.29) is 34.6 Å². The minimum Gasteiger partial charge on any atom is -0.392 e. The Morgan fingerprint density at radius 3 is 2.67 bits per heavy atom. The Morgan fingerprint density at radius 1 is 1.43 bits per heavy atom. The molecule has 1 aliphatic heterocycles. The molecule has 1 heterocycles. The number of hydrogen-bond donors (Lipinski definition) is 1. The van der Waals surface area contributed by atoms with Crippen molar-refractivity contribution in [2.24, 2.45) is 5.92 Å². The van der Waals surface area contributed by atoms with Gasteiger partial charge < -0.3 is 5.11 Å². The minimum absolute atomic E-state index is 0.0286. The molecule has 1 aliphatic rings. The molecular weight excluding hydrogens is 293 g/mol. The molecule has 1 N–H and O–H groups in total. The number of benzene rings is 1. The van der Waals surface area contributed by atoms with E-state index in [1.807, 2.05) is 13.8 Å². The molecule has 118 valence electrons. The van der Waals surface area contributed by atoms with Gasteiger partial charge in [-0.2, -0.15) is 4.31 Å². The van der Waals surface area contributed by atoms with E-state index in [9.17, 15) is 17.9 Å². The average Bonchev–Trinajstić information content (AvgIpc) is 2.91. The lowest BCUT2D eigenvalue weighted by Gasteiger charge is -2.27. The zero-order valence-electron chi connectivity index (χ0n) is 12.6. The number of sulfonamides is 1. The second-order valence-electron chi connectivity index (χ2n) is 5.93. The Hall–Kier alpha value is -0.980. The number of hydrogen-bond acceptors (Lipinski definition) is 3. The molecule has 1 atom stereocenters. The third kappa shape index (κ3) is 2.98. The van der Waals surface area contributed by atoms with Gasteiger partial charge in [-0.1, -0.05) is 13.8 Å². The van der Waals surface area contributed by atoms with Crippen molar-refractivity contribution >= 4 is 10.0 Å². The number of nitrogens with zero attached hydrogens (tertiary/aromatic N) is 1. The molecular formula is C15H22FNO3S. The highest BCUT2D eigenvalue weighted by atomic mass is 32.2. The van der Waals surface area contributed by atoms with E-state index in [0.29, 0.717) is 6.54 Å². The summed E-state index contributed by atoms with van der Waals surface area (Å²) in [6, 6.07) is 2.51. The van der Waals surface area contributed by atoms with E-state index in [2.05, 4.69) is 0 Å². The van der Waals surface area contributed by atoms with Crippen LogP contribution in [-0.4, -0.2) is 30.4 Å². The monoisotopic (exact) mass is 315 g/mol. The smallest absolute Gasteiger partial charge is 0.243 e. The summed E-state index contributed by atoms with van der Waals surface area (Å²) in [6.07, 6.45) is 1.65. The predicted molar refractivity (Wildman–Crippen MR) is 78.8 cm³/mol. The summed E-state index contributed by atoms with van der Waals surface area (Å²) in [4.78, 5) is -0.0286. The van der Waals surface area contributed by atoms with Crippen LogP contribution in [0.3, 0.4) is 0 Å². The number of aliphatic hydroxyl groups is 1. The molecule has 1 fully saturated rings. The van der Waals surface area contributed by atoms with Gasteiger partial charge in [-0.25, -0.2) is 12.8 Å². The first kappa shape index (κ1) is 16.4. The Kier molecular flexibility index (Phi) is 4.70. The van der Waals surface area contributed by atoms with Crippen molar-refractivity contribution < 1.29 is 17.9 Å². The maximum atomic E-state index is 13.9. The Labute approximate surface area is 125 Å². The van der Waals surface area contributed by atoms with Gasteiger partial charge in [-0.3, -0.25) is 0 Å². The zero-order chi connectivity index (χ0) is 15.8. The van der Waals surface area contributed by atoms with Crippen LogP contribution in [0.25, 0.3) is 0 Å². The first-order valence-corrected chi connectivity index (χ1v) is 8.64. The van der Waals surface area contributed by atoms with E-state index in [4.69, 9.17) is 0 Å². The Balaban J connectivity index is 2.51. The van der Waals surface area contributed by atoms with Crippen molar-refractivity contribution in [1.82, 2.24) is 4.31 Å². The van der Waals surface area contributed by atoms with Crippen LogP contribution in [0.4, 0.5) is 4.39 Å². The van der Waals surface area contributed by atoms with E-state index < -0.39 is 15.8 Å². The molecule has 0 aromatic heterocycles. The lowest BCUT2D eigenvalue weighted by Crippen LogP contribution is -2.38. The van der Waals surface area contributed by atoms with Crippen LogP contribution in [0.5, 0.6) is 0 Å². The Morgan fingerprint density at radius 2 is 2.10 bits per heavy atom. The predicted octanol–water partition coefficient (Wildman–Crippen LogP) is 2.44. The van der Waals surface area contributed by atoms with Gasteiger partial charge in [0.15, 0.2) is 0 Å². The summed E-state index contributed by atoms with van der Waals surface area (Å²) in [5.41, 5.74) is 0.388. The van der Waals surface area contributed by atoms with Gasteiger partial charge in [0.25, 0.3) is 0 Å². The molecule has 1 saturated heterocycles. The summed E-state index contributed by atoms with van der Waals surface area (Å²) in [5.74, 6) is -0.381. The van der Waals surface area contributed by atoms with E-state index in [1.165, 1.54) is 23.4 Å². The first-order chi connectivity index (χ1) is 9.78. The number of halogens is 1. The van der Waals surface area contributed by atoms with Gasteiger partial charge in [0.1, 0.15) is 5.82 Å². The molecule has 0 spiro atoms. The third-order valence-electron chi connectivity index (χ3n) is 4.14. The average molecular weight is 315 g/mol. The van der Waals surface area contributed by atoms with E-state index in [1.54, 1.807) is 0 Å². The van der Waals surface area contributed by atoms with Gasteiger partial charge in [-0.05, 0) is 43.4 Å². The zero-order valence-corrected chi connectivity index (χ0v) is 13.5. The molecule has 4 nitrogen and oxygen atoms in total. The van der Waals surface area contributed by atoms with Crippen molar-refractivity contribution in [2.75, 3.05) is 6.54 Å². The summed E-state index contributed by atoms with van der Waals surface area (Å²) < 4.78 is 41.1. The maximum Gasteiger partial charge on any atom is 0.243 e. The van der Waals surface area contributed by atoms with E-state index >= 15 is 0 Å². The number of rotatable bonds is 4. The standard InChI is InChI=1S/C15H22FNO3S/c1-10(2)14-5-4-6-17(14)21(19,20)15-8-12(9-18)7-13(16)11(15)3/h7-8,10,14,18H,4-6,9H2,1-3H3. The van der Waals surface area contributed by atoms with Crippen molar-refractivity contribution in [3.05, 3.63) is 29.1 Å². The molecule has 0 amide bonds. The SMILES string of the molecule is Cc1c(F)cc(CO)cc1S(=O)(=O)N1CCCC1C(C)C. The second kappa shape index (κ2) is 6.02. The normalized spacial score (nSPS) is 20.4. The van der Waals surface area contributed by atoms with Crippen LogP contribution in [0.2, 0.25) is 0 Å². The maximum absolute atomic E-state index is 13.9. The lowest BCUT2D eigenvalue weighted by molar-refractivity contribution is 0.280. The summed E-state index contributed by atoms with van der Waals surface area (Å²) in [6.45, 7) is 5.54. The highest BCUT2D eigenvalue weighted by molar-refractivity contribution is 7.89. The quantitative estimate of drug-likeness (QED) is 0.928. The minimum atomic E-state index is -3.74. The van der Waals surface area contributed by atoms with Crippen LogP contribution in [-0.2, 0) is 16.6 Å². The topological polar surface area (TPSA) is 57.6 Å². The molecule has 2 rings (SSSR count). The van der Waals surface area contributed by atoms with Gasteiger partial charge in [0, 0.05) is 18.2 Å². The molecule has 0 saturated carbocycles. The summed E-state index contributed by atoms with van der Waals surface area (Å²) >= 11 is 0. The van der Waals surface area contributed by atoms with Crippen LogP contribution in [0.15, 0.2) is 17.0 Å². The van der Waals surface area contributed by atoms with Gasteiger partial charge >= 0.3 is 0 Å². The highest BCUT2D eigenvalue weighted by Crippen LogP contribution is 2.32. The van der Waals surface area contributed by atoms with Crippen LogP contribution < -0.4 is 0 Å². The highest BCUT2D eigenvalue weighted by Gasteiger charge is 2.37. The summed E-state index contributed by atoms with van der Waals surface area (Å²) in [7, 11) is -3.74. The molecule has 1 aromatic carbocycles. The van der Waals surface area contributed by atoms with Crippen LogP contribution in [0.1, 0.15) is 37.8 Å². The van der Waals surface area contributed by atoms with Crippen molar-refractivity contribution in [3.63, 3.8) is 0 Å². The van der Waals surface area contributed by atoms with Crippen LogP contribution in [0, 0.1) is 18.7 Å². The number of aliphatic hydroxyl groups excluding tert-OH is 1. The molecule has 0 radical (unpaired) electrons. The largest absolute Gasteiger partial charge is 0.392 e. The van der Waals surface area contributed by atoms with E-state index in [0.717, 1.165) is 12.8 Å². The first-order valence-electron chi connectivity index (χ1n) is 7.20. The molecule has 1 aromatic rings. The Bertz CT molecular complexity index is 628. The van der Waals surface area contributed by atoms with Crippen molar-refractivity contribution in [3.8, 4) is 0 Å². The molecule has 6 heteroatoms. The van der Waals surface area contributed by atoms with Crippen LogP contribution >= 0.6 is 0 Å². The second-order valence-corrected chi connectivity index (χ2v) is 7.79. The van der Waals surface area contributed by atoms with Crippen molar-refractivity contribution in [1.29, 1.82) is 0 Å². The third-order valence-corrected chi connectivity index (χ3v) is 6.19. The summed E-state index contributed by atoms with van der Waals surface area (Å²) in [5, 5.41) is 9.17. The van der Waals surface area contributed by atoms with Gasteiger partial charge in [0.2, 0.25) is 10.0 Å².